The Kier molecular flexibility index (Phi) is 13.8. The van der Waals surface area contributed by atoms with Gasteiger partial charge in [-0.15, -0.1) is 0 Å². The maximum absolute atomic E-state index is 5.49. The lowest BCUT2D eigenvalue weighted by Gasteiger charge is -2.22. The number of nitrogens with two attached hydrogens (primary N) is 1. The Morgan fingerprint density at radius 2 is 1.20 bits per heavy atom. The quantitative estimate of drug-likeness (QED) is 0.421. The van der Waals surface area contributed by atoms with Crippen molar-refractivity contribution in [3.05, 3.63) is 0 Å². The fourth-order valence-corrected chi connectivity index (χ4v) is 2.36. The van der Waals surface area contributed by atoms with Gasteiger partial charge in [-0.3, -0.25) is 0 Å². The molecular formula is C18H40N2. The van der Waals surface area contributed by atoms with E-state index in [2.05, 4.69) is 26.1 Å². The fraction of sp³-hybridized carbons (Fsp3) is 1.00. The first-order valence-corrected chi connectivity index (χ1v) is 9.03. The molecule has 0 rings (SSSR count). The molecule has 2 nitrogen and oxygen atoms in total. The maximum atomic E-state index is 5.49. The van der Waals surface area contributed by atoms with Crippen LogP contribution in [-0.4, -0.2) is 19.6 Å². The second kappa shape index (κ2) is 13.9. The van der Waals surface area contributed by atoms with Crippen LogP contribution in [0.3, 0.4) is 0 Å². The molecule has 0 amide bonds. The van der Waals surface area contributed by atoms with E-state index < -0.39 is 0 Å². The topological polar surface area (TPSA) is 38.0 Å². The molecule has 2 heteroatoms. The molecule has 0 aromatic rings. The lowest BCUT2D eigenvalue weighted by molar-refractivity contribution is 0.327. The molecule has 3 N–H and O–H groups in total. The van der Waals surface area contributed by atoms with Gasteiger partial charge in [0.25, 0.3) is 0 Å². The van der Waals surface area contributed by atoms with Gasteiger partial charge in [-0.05, 0) is 37.8 Å². The van der Waals surface area contributed by atoms with Crippen LogP contribution in [-0.2, 0) is 0 Å². The third kappa shape index (κ3) is 14.3. The monoisotopic (exact) mass is 284 g/mol. The summed E-state index contributed by atoms with van der Waals surface area (Å²) in [5.74, 6) is 0. The largest absolute Gasteiger partial charge is 0.330 e. The van der Waals surface area contributed by atoms with E-state index in [0.29, 0.717) is 5.41 Å². The minimum Gasteiger partial charge on any atom is -0.330 e. The minimum atomic E-state index is 0.462. The van der Waals surface area contributed by atoms with Gasteiger partial charge in [0.2, 0.25) is 0 Å². The molecule has 0 aromatic heterocycles. The molecule has 0 aliphatic heterocycles. The van der Waals surface area contributed by atoms with Crippen molar-refractivity contribution in [1.29, 1.82) is 0 Å². The lowest BCUT2D eigenvalue weighted by Crippen LogP contribution is -2.29. The molecule has 0 bridgehead atoms. The van der Waals surface area contributed by atoms with Gasteiger partial charge in [0.05, 0.1) is 0 Å². The summed E-state index contributed by atoms with van der Waals surface area (Å²) in [5, 5.41) is 3.60. The van der Waals surface area contributed by atoms with E-state index in [1.165, 1.54) is 77.2 Å². The van der Waals surface area contributed by atoms with Crippen molar-refractivity contribution in [3.8, 4) is 0 Å². The predicted molar refractivity (Wildman–Crippen MR) is 92.2 cm³/mol. The van der Waals surface area contributed by atoms with Gasteiger partial charge in [0.15, 0.2) is 0 Å². The third-order valence-electron chi connectivity index (χ3n) is 4.37. The lowest BCUT2D eigenvalue weighted by atomic mass is 9.90. The van der Waals surface area contributed by atoms with E-state index in [-0.39, 0.29) is 0 Å². The zero-order chi connectivity index (χ0) is 15.1. The van der Waals surface area contributed by atoms with Crippen molar-refractivity contribution in [3.63, 3.8) is 0 Å². The van der Waals surface area contributed by atoms with Crippen LogP contribution in [0.5, 0.6) is 0 Å². The van der Waals surface area contributed by atoms with Crippen LogP contribution in [0.15, 0.2) is 0 Å². The molecule has 0 radical (unpaired) electrons. The van der Waals surface area contributed by atoms with Gasteiger partial charge in [-0.25, -0.2) is 0 Å². The zero-order valence-corrected chi connectivity index (χ0v) is 14.5. The summed E-state index contributed by atoms with van der Waals surface area (Å²) in [6.45, 7) is 10.2. The smallest absolute Gasteiger partial charge is 0.000241 e. The molecule has 122 valence electrons. The summed E-state index contributed by atoms with van der Waals surface area (Å²) in [6.07, 6.45) is 15.0. The predicted octanol–water partition coefficient (Wildman–Crippen LogP) is 4.87. The highest BCUT2D eigenvalue weighted by Crippen LogP contribution is 2.17. The standard InChI is InChI=1S/C18H40N2/c1-4-18(2,3)17-20-16-14-12-10-8-6-5-7-9-11-13-15-19/h20H,4-17,19H2,1-3H3. The number of nitrogens with one attached hydrogen (secondary N) is 1. The second-order valence-electron chi connectivity index (χ2n) is 7.02. The average molecular weight is 285 g/mol. The van der Waals surface area contributed by atoms with Crippen molar-refractivity contribution >= 4 is 0 Å². The van der Waals surface area contributed by atoms with E-state index in [1.807, 2.05) is 0 Å². The first kappa shape index (κ1) is 19.9. The van der Waals surface area contributed by atoms with Crippen molar-refractivity contribution in [1.82, 2.24) is 5.32 Å². The maximum Gasteiger partial charge on any atom is 0.000241 e. The van der Waals surface area contributed by atoms with E-state index in [9.17, 15) is 0 Å². The minimum absolute atomic E-state index is 0.462. The fourth-order valence-electron chi connectivity index (χ4n) is 2.36. The molecule has 0 aliphatic carbocycles. The number of hydrogen-bond acceptors (Lipinski definition) is 2. The first-order chi connectivity index (χ1) is 9.62. The van der Waals surface area contributed by atoms with Crippen LogP contribution in [0.4, 0.5) is 0 Å². The summed E-state index contributed by atoms with van der Waals surface area (Å²) < 4.78 is 0. The highest BCUT2D eigenvalue weighted by atomic mass is 14.9. The Hall–Kier alpha value is -0.0800. The molecule has 0 spiro atoms. The molecule has 20 heavy (non-hydrogen) atoms. The van der Waals surface area contributed by atoms with Crippen LogP contribution < -0.4 is 11.1 Å². The normalized spacial score (nSPS) is 12.0. The Morgan fingerprint density at radius 1 is 0.750 bits per heavy atom. The average Bonchev–Trinajstić information content (AvgIpc) is 2.44. The molecule has 0 saturated heterocycles. The number of hydrogen-bond donors (Lipinski definition) is 2. The zero-order valence-electron chi connectivity index (χ0n) is 14.5. The SMILES string of the molecule is CCC(C)(C)CNCCCCCCCCCCCCN. The van der Waals surface area contributed by atoms with Gasteiger partial charge in [-0.1, -0.05) is 72.1 Å². The summed E-state index contributed by atoms with van der Waals surface area (Å²) >= 11 is 0. The van der Waals surface area contributed by atoms with Crippen LogP contribution in [0, 0.1) is 5.41 Å². The molecule has 0 fully saturated rings. The van der Waals surface area contributed by atoms with Crippen LogP contribution in [0.2, 0.25) is 0 Å². The van der Waals surface area contributed by atoms with Gasteiger partial charge in [-0.2, -0.15) is 0 Å². The van der Waals surface area contributed by atoms with E-state index in [1.54, 1.807) is 0 Å². The summed E-state index contributed by atoms with van der Waals surface area (Å²) in [5.41, 5.74) is 5.95. The van der Waals surface area contributed by atoms with Gasteiger partial charge < -0.3 is 11.1 Å². The van der Waals surface area contributed by atoms with Crippen molar-refractivity contribution in [2.75, 3.05) is 19.6 Å². The van der Waals surface area contributed by atoms with E-state index in [4.69, 9.17) is 5.73 Å². The second-order valence-corrected chi connectivity index (χ2v) is 7.02. The van der Waals surface area contributed by atoms with Gasteiger partial charge in [0, 0.05) is 6.54 Å². The Balaban J connectivity index is 3.06. The van der Waals surface area contributed by atoms with Gasteiger partial charge in [0.1, 0.15) is 0 Å². The summed E-state index contributed by atoms with van der Waals surface area (Å²) in [4.78, 5) is 0. The Morgan fingerprint density at radius 3 is 1.65 bits per heavy atom. The third-order valence-corrected chi connectivity index (χ3v) is 4.37. The molecule has 0 saturated carbocycles. The van der Waals surface area contributed by atoms with Gasteiger partial charge >= 0.3 is 0 Å². The highest BCUT2D eigenvalue weighted by molar-refractivity contribution is 4.69. The Bertz CT molecular complexity index is 190. The number of rotatable bonds is 15. The van der Waals surface area contributed by atoms with Crippen molar-refractivity contribution < 1.29 is 0 Å². The number of unbranched alkanes of at least 4 members (excludes halogenated alkanes) is 9. The molecule has 0 aromatic carbocycles. The van der Waals surface area contributed by atoms with Crippen LogP contribution in [0.1, 0.15) is 91.4 Å². The molecule has 0 atom stereocenters. The van der Waals surface area contributed by atoms with Crippen molar-refractivity contribution in [2.45, 2.75) is 91.4 Å². The van der Waals surface area contributed by atoms with E-state index >= 15 is 0 Å². The first-order valence-electron chi connectivity index (χ1n) is 9.03. The van der Waals surface area contributed by atoms with Crippen LogP contribution in [0.25, 0.3) is 0 Å². The highest BCUT2D eigenvalue weighted by Gasteiger charge is 2.13. The van der Waals surface area contributed by atoms with Crippen molar-refractivity contribution in [2.24, 2.45) is 11.1 Å². The molecule has 0 aliphatic rings. The molecule has 0 unspecified atom stereocenters. The molecule has 0 heterocycles. The Labute approximate surface area is 128 Å². The molecular weight excluding hydrogens is 244 g/mol. The van der Waals surface area contributed by atoms with Crippen LogP contribution >= 0.6 is 0 Å². The summed E-state index contributed by atoms with van der Waals surface area (Å²) in [6, 6.07) is 0. The van der Waals surface area contributed by atoms with E-state index in [0.717, 1.165) is 13.1 Å². The summed E-state index contributed by atoms with van der Waals surface area (Å²) in [7, 11) is 0.